The molecule has 0 spiro atoms. The van der Waals surface area contributed by atoms with Crippen LogP contribution in [-0.4, -0.2) is 52.5 Å². The van der Waals surface area contributed by atoms with Crippen molar-refractivity contribution in [2.75, 3.05) is 39.3 Å². The molecular weight excluding hydrogens is 192 g/mol. The first kappa shape index (κ1) is 12.2. The van der Waals surface area contributed by atoms with Gasteiger partial charge in [-0.2, -0.15) is 0 Å². The van der Waals surface area contributed by atoms with Crippen molar-refractivity contribution in [2.45, 2.75) is 26.1 Å². The zero-order chi connectivity index (χ0) is 10.4. The average Bonchev–Trinajstić information content (AvgIpc) is 2.17. The Morgan fingerprint density at radius 3 is 2.50 bits per heavy atom. The van der Waals surface area contributed by atoms with Gasteiger partial charge in [-0.15, -0.1) is 0 Å². The quantitative estimate of drug-likeness (QED) is 0.697. The fourth-order valence-corrected chi connectivity index (χ4v) is 3.61. The summed E-state index contributed by atoms with van der Waals surface area (Å²) in [5.41, 5.74) is 0. The van der Waals surface area contributed by atoms with Crippen LogP contribution in [0.4, 0.5) is 0 Å². The van der Waals surface area contributed by atoms with Crippen molar-refractivity contribution in [3.05, 3.63) is 0 Å². The summed E-state index contributed by atoms with van der Waals surface area (Å²) < 4.78 is 5.82. The van der Waals surface area contributed by atoms with Crippen molar-refractivity contribution in [1.82, 2.24) is 10.2 Å². The van der Waals surface area contributed by atoms with Gasteiger partial charge in [-0.05, 0) is 32.6 Å². The largest absolute Gasteiger partial charge is 0.418 e. The standard InChI is InChI=1S/C10H24N2OSi/c1-4-13-14(2,3)10-9-12-7-5-11-6-8-12/h11H,4-10H2,1-3H3. The molecule has 0 unspecified atom stereocenters. The molecule has 1 fully saturated rings. The third kappa shape index (κ3) is 4.55. The highest BCUT2D eigenvalue weighted by Crippen LogP contribution is 2.11. The van der Waals surface area contributed by atoms with Gasteiger partial charge in [0.1, 0.15) is 0 Å². The van der Waals surface area contributed by atoms with Gasteiger partial charge in [0.2, 0.25) is 0 Å². The molecule has 1 saturated heterocycles. The Morgan fingerprint density at radius 1 is 1.29 bits per heavy atom. The van der Waals surface area contributed by atoms with Crippen LogP contribution in [0.15, 0.2) is 0 Å². The van der Waals surface area contributed by atoms with Crippen LogP contribution in [0.5, 0.6) is 0 Å². The Hall–Kier alpha value is 0.0969. The Balaban J connectivity index is 2.17. The summed E-state index contributed by atoms with van der Waals surface area (Å²) in [5.74, 6) is 0. The van der Waals surface area contributed by atoms with E-state index in [-0.39, 0.29) is 0 Å². The highest BCUT2D eigenvalue weighted by atomic mass is 28.4. The second kappa shape index (κ2) is 5.85. The molecule has 0 bridgehead atoms. The lowest BCUT2D eigenvalue weighted by molar-refractivity contribution is 0.245. The molecule has 0 amide bonds. The van der Waals surface area contributed by atoms with Gasteiger partial charge < -0.3 is 14.6 Å². The highest BCUT2D eigenvalue weighted by molar-refractivity contribution is 6.71. The van der Waals surface area contributed by atoms with E-state index in [1.807, 2.05) is 0 Å². The lowest BCUT2D eigenvalue weighted by Gasteiger charge is -2.30. The van der Waals surface area contributed by atoms with Crippen molar-refractivity contribution in [1.29, 1.82) is 0 Å². The van der Waals surface area contributed by atoms with E-state index in [9.17, 15) is 0 Å². The average molecular weight is 216 g/mol. The first-order chi connectivity index (χ1) is 6.64. The first-order valence-corrected chi connectivity index (χ1v) is 8.82. The van der Waals surface area contributed by atoms with Gasteiger partial charge >= 0.3 is 0 Å². The monoisotopic (exact) mass is 216 g/mol. The molecule has 1 rings (SSSR count). The Labute approximate surface area is 88.9 Å². The molecule has 1 N–H and O–H groups in total. The predicted octanol–water partition coefficient (Wildman–Crippen LogP) is 1.13. The second-order valence-electron chi connectivity index (χ2n) is 4.53. The van der Waals surface area contributed by atoms with E-state index in [0.717, 1.165) is 19.7 Å². The lowest BCUT2D eigenvalue weighted by atomic mass is 10.4. The van der Waals surface area contributed by atoms with Gasteiger partial charge in [0.15, 0.2) is 8.32 Å². The van der Waals surface area contributed by atoms with Gasteiger partial charge in [-0.25, -0.2) is 0 Å². The molecule has 0 saturated carbocycles. The summed E-state index contributed by atoms with van der Waals surface area (Å²) in [5, 5.41) is 3.38. The molecule has 84 valence electrons. The van der Waals surface area contributed by atoms with Gasteiger partial charge in [0, 0.05) is 32.8 Å². The topological polar surface area (TPSA) is 24.5 Å². The van der Waals surface area contributed by atoms with Crippen LogP contribution in [0.3, 0.4) is 0 Å². The third-order valence-electron chi connectivity index (χ3n) is 2.77. The van der Waals surface area contributed by atoms with E-state index < -0.39 is 8.32 Å². The van der Waals surface area contributed by atoms with Crippen molar-refractivity contribution >= 4 is 8.32 Å². The van der Waals surface area contributed by atoms with Crippen LogP contribution in [0.2, 0.25) is 19.1 Å². The van der Waals surface area contributed by atoms with Crippen LogP contribution >= 0.6 is 0 Å². The summed E-state index contributed by atoms with van der Waals surface area (Å²) in [6.45, 7) is 13.5. The minimum Gasteiger partial charge on any atom is -0.418 e. The van der Waals surface area contributed by atoms with E-state index in [4.69, 9.17) is 4.43 Å². The molecule has 0 aliphatic carbocycles. The van der Waals surface area contributed by atoms with Gasteiger partial charge in [0.25, 0.3) is 0 Å². The zero-order valence-corrected chi connectivity index (χ0v) is 10.8. The maximum absolute atomic E-state index is 5.82. The fourth-order valence-electron chi connectivity index (χ4n) is 1.83. The Morgan fingerprint density at radius 2 is 1.93 bits per heavy atom. The van der Waals surface area contributed by atoms with Crippen molar-refractivity contribution < 1.29 is 4.43 Å². The van der Waals surface area contributed by atoms with Crippen molar-refractivity contribution in [2.24, 2.45) is 0 Å². The van der Waals surface area contributed by atoms with Crippen molar-refractivity contribution in [3.8, 4) is 0 Å². The number of nitrogens with one attached hydrogen (secondary N) is 1. The van der Waals surface area contributed by atoms with E-state index in [1.54, 1.807) is 0 Å². The number of rotatable bonds is 5. The maximum atomic E-state index is 5.82. The summed E-state index contributed by atoms with van der Waals surface area (Å²) >= 11 is 0. The maximum Gasteiger partial charge on any atom is 0.187 e. The highest BCUT2D eigenvalue weighted by Gasteiger charge is 2.22. The predicted molar refractivity (Wildman–Crippen MR) is 63.2 cm³/mol. The second-order valence-corrected chi connectivity index (χ2v) is 8.84. The van der Waals surface area contributed by atoms with Crippen LogP contribution in [0, 0.1) is 0 Å². The van der Waals surface area contributed by atoms with Crippen LogP contribution in [0.25, 0.3) is 0 Å². The summed E-state index contributed by atoms with van der Waals surface area (Å²) in [6.07, 6.45) is 0. The van der Waals surface area contributed by atoms with E-state index in [2.05, 4.69) is 30.2 Å². The molecule has 0 aromatic heterocycles. The minimum atomic E-state index is -1.35. The van der Waals surface area contributed by atoms with Crippen LogP contribution in [0.1, 0.15) is 6.92 Å². The number of piperazine rings is 1. The molecule has 0 atom stereocenters. The van der Waals surface area contributed by atoms with Gasteiger partial charge in [-0.1, -0.05) is 0 Å². The summed E-state index contributed by atoms with van der Waals surface area (Å²) in [6, 6.07) is 1.26. The normalized spacial score (nSPS) is 19.9. The number of hydrogen-bond donors (Lipinski definition) is 1. The molecule has 14 heavy (non-hydrogen) atoms. The molecule has 1 heterocycles. The smallest absolute Gasteiger partial charge is 0.187 e. The lowest BCUT2D eigenvalue weighted by Crippen LogP contribution is -2.45. The molecule has 0 aromatic carbocycles. The van der Waals surface area contributed by atoms with E-state index >= 15 is 0 Å². The molecule has 1 aliphatic rings. The number of hydrogen-bond acceptors (Lipinski definition) is 3. The SMILES string of the molecule is CCO[Si](C)(C)CCN1CCNCC1. The molecule has 3 nitrogen and oxygen atoms in total. The van der Waals surface area contributed by atoms with E-state index in [0.29, 0.717) is 0 Å². The molecule has 0 aromatic rings. The summed E-state index contributed by atoms with van der Waals surface area (Å²) in [7, 11) is -1.35. The fraction of sp³-hybridized carbons (Fsp3) is 1.00. The Kier molecular flexibility index (Phi) is 5.09. The summed E-state index contributed by atoms with van der Waals surface area (Å²) in [4.78, 5) is 2.55. The number of nitrogens with zero attached hydrogens (tertiary/aromatic N) is 1. The van der Waals surface area contributed by atoms with Gasteiger partial charge in [-0.3, -0.25) is 0 Å². The molecule has 4 heteroatoms. The van der Waals surface area contributed by atoms with Crippen LogP contribution < -0.4 is 5.32 Å². The zero-order valence-electron chi connectivity index (χ0n) is 9.81. The minimum absolute atomic E-state index is 0.876. The molecule has 1 aliphatic heterocycles. The van der Waals surface area contributed by atoms with Gasteiger partial charge in [0.05, 0.1) is 0 Å². The third-order valence-corrected chi connectivity index (χ3v) is 5.27. The van der Waals surface area contributed by atoms with Crippen molar-refractivity contribution in [3.63, 3.8) is 0 Å². The first-order valence-electron chi connectivity index (χ1n) is 5.71. The van der Waals surface area contributed by atoms with E-state index in [1.165, 1.54) is 25.7 Å². The molecular formula is C10H24N2OSi. The Bertz CT molecular complexity index is 158. The van der Waals surface area contributed by atoms with Crippen LogP contribution in [-0.2, 0) is 4.43 Å². The molecule has 0 radical (unpaired) electrons.